The molecule has 0 spiro atoms. The molecule has 0 saturated carbocycles. The molecule has 0 bridgehead atoms. The van der Waals surface area contributed by atoms with E-state index in [1.54, 1.807) is 0 Å². The number of hydrogen-bond acceptors (Lipinski definition) is 3. The molecule has 0 unspecified atom stereocenters. The Balaban J connectivity index is 2.93. The molecule has 4 nitrogen and oxygen atoms in total. The smallest absolute Gasteiger partial charge is 0.231 e. The molecule has 1 heterocycles. The van der Waals surface area contributed by atoms with Gasteiger partial charge in [-0.05, 0) is 6.07 Å². The van der Waals surface area contributed by atoms with Crippen LogP contribution in [0, 0.1) is 10.1 Å². The predicted octanol–water partition coefficient (Wildman–Crippen LogP) is 2.17. The number of hydrogen-bond donors (Lipinski definition) is 0. The first-order chi connectivity index (χ1) is 5.59. The largest absolute Gasteiger partial charge is 0.264 e. The monoisotopic (exact) mass is 206 g/mol. The molecule has 0 aliphatic carbocycles. The third kappa shape index (κ3) is 2.32. The minimum atomic E-state index is -0.475. The minimum absolute atomic E-state index is 0.229. The first-order valence-corrected chi connectivity index (χ1v) is 3.77. The van der Waals surface area contributed by atoms with Crippen molar-refractivity contribution in [2.24, 2.45) is 0 Å². The van der Waals surface area contributed by atoms with Crippen LogP contribution in [-0.4, -0.2) is 9.91 Å². The van der Waals surface area contributed by atoms with Crippen molar-refractivity contribution < 1.29 is 4.92 Å². The molecule has 0 atom stereocenters. The summed E-state index contributed by atoms with van der Waals surface area (Å²) in [5.41, 5.74) is 0.367. The van der Waals surface area contributed by atoms with Gasteiger partial charge in [0, 0.05) is 11.1 Å². The van der Waals surface area contributed by atoms with Gasteiger partial charge in [-0.2, -0.15) is 0 Å². The summed E-state index contributed by atoms with van der Waals surface area (Å²) in [7, 11) is 0. The second kappa shape index (κ2) is 3.69. The normalized spacial score (nSPS) is 9.83. The maximum atomic E-state index is 10.1. The topological polar surface area (TPSA) is 56.0 Å². The molecule has 0 aliphatic heterocycles. The van der Waals surface area contributed by atoms with Crippen molar-refractivity contribution in [2.45, 2.75) is 6.54 Å². The van der Waals surface area contributed by atoms with Crippen LogP contribution < -0.4 is 0 Å². The molecule has 12 heavy (non-hydrogen) atoms. The molecule has 64 valence electrons. The van der Waals surface area contributed by atoms with E-state index in [0.29, 0.717) is 5.56 Å². The first kappa shape index (κ1) is 9.22. The molecular weight excluding hydrogens is 203 g/mol. The molecule has 1 aromatic heterocycles. The van der Waals surface area contributed by atoms with Gasteiger partial charge in [0.15, 0.2) is 0 Å². The molecule has 0 aromatic carbocycles. The number of rotatable bonds is 2. The van der Waals surface area contributed by atoms with Crippen LogP contribution in [0.4, 0.5) is 0 Å². The van der Waals surface area contributed by atoms with Crippen LogP contribution in [0.25, 0.3) is 0 Å². The molecule has 0 fully saturated rings. The number of nitrogens with zero attached hydrogens (tertiary/aromatic N) is 2. The highest BCUT2D eigenvalue weighted by Crippen LogP contribution is 2.18. The van der Waals surface area contributed by atoms with Gasteiger partial charge in [-0.25, -0.2) is 4.98 Å². The zero-order chi connectivity index (χ0) is 9.14. The van der Waals surface area contributed by atoms with Gasteiger partial charge in [0.05, 0.1) is 10.6 Å². The zero-order valence-electron chi connectivity index (χ0n) is 5.83. The second-order valence-electron chi connectivity index (χ2n) is 2.09. The fourth-order valence-electron chi connectivity index (χ4n) is 0.691. The summed E-state index contributed by atoms with van der Waals surface area (Å²) in [6, 6.07) is 1.38. The summed E-state index contributed by atoms with van der Waals surface area (Å²) < 4.78 is 0. The van der Waals surface area contributed by atoms with Crippen LogP contribution in [0.1, 0.15) is 5.56 Å². The summed E-state index contributed by atoms with van der Waals surface area (Å²) in [4.78, 5) is 13.3. The average Bonchev–Trinajstić information content (AvgIpc) is 1.94. The van der Waals surface area contributed by atoms with Crippen molar-refractivity contribution in [2.75, 3.05) is 0 Å². The number of nitro groups is 1. The molecule has 6 heteroatoms. The van der Waals surface area contributed by atoms with E-state index in [1.165, 1.54) is 12.3 Å². The van der Waals surface area contributed by atoms with E-state index in [4.69, 9.17) is 23.2 Å². The summed E-state index contributed by atoms with van der Waals surface area (Å²) in [6.07, 6.45) is 1.30. The van der Waals surface area contributed by atoms with Crippen LogP contribution in [0.2, 0.25) is 10.2 Å². The van der Waals surface area contributed by atoms with Crippen molar-refractivity contribution in [1.82, 2.24) is 4.98 Å². The van der Waals surface area contributed by atoms with Crippen LogP contribution >= 0.6 is 23.2 Å². The Morgan fingerprint density at radius 3 is 2.75 bits per heavy atom. The van der Waals surface area contributed by atoms with Crippen LogP contribution in [0.15, 0.2) is 12.3 Å². The minimum Gasteiger partial charge on any atom is -0.264 e. The molecular formula is C6H4Cl2N2O2. The Bertz CT molecular complexity index is 316. The Kier molecular flexibility index (Phi) is 2.83. The summed E-state index contributed by atoms with van der Waals surface area (Å²) in [5, 5.41) is 10.6. The van der Waals surface area contributed by atoms with Crippen LogP contribution in [0.5, 0.6) is 0 Å². The van der Waals surface area contributed by atoms with E-state index in [-0.39, 0.29) is 16.7 Å². The van der Waals surface area contributed by atoms with E-state index < -0.39 is 4.92 Å². The van der Waals surface area contributed by atoms with Gasteiger partial charge in [0.2, 0.25) is 6.54 Å². The molecule has 0 saturated heterocycles. The van der Waals surface area contributed by atoms with Crippen LogP contribution in [-0.2, 0) is 6.54 Å². The standard InChI is InChI=1S/C6H4Cl2N2O2/c7-5-1-6(8)9-2-4(5)3-10(11)12/h1-2H,3H2. The third-order valence-corrected chi connectivity index (χ3v) is 1.75. The maximum Gasteiger partial charge on any atom is 0.231 e. The van der Waals surface area contributed by atoms with Crippen molar-refractivity contribution in [1.29, 1.82) is 0 Å². The number of pyridine rings is 1. The highest BCUT2D eigenvalue weighted by Gasteiger charge is 2.07. The van der Waals surface area contributed by atoms with Crippen molar-refractivity contribution in [3.05, 3.63) is 38.1 Å². The molecule has 0 N–H and O–H groups in total. The first-order valence-electron chi connectivity index (χ1n) is 3.01. The van der Waals surface area contributed by atoms with E-state index >= 15 is 0 Å². The number of aromatic nitrogens is 1. The quantitative estimate of drug-likeness (QED) is 0.424. The molecule has 1 aromatic rings. The molecule has 0 radical (unpaired) electrons. The lowest BCUT2D eigenvalue weighted by atomic mass is 10.3. The van der Waals surface area contributed by atoms with E-state index in [1.807, 2.05) is 0 Å². The van der Waals surface area contributed by atoms with Crippen molar-refractivity contribution in [3.8, 4) is 0 Å². The van der Waals surface area contributed by atoms with Gasteiger partial charge < -0.3 is 0 Å². The molecule has 0 aliphatic rings. The van der Waals surface area contributed by atoms with Crippen LogP contribution in [0.3, 0.4) is 0 Å². The Morgan fingerprint density at radius 2 is 2.25 bits per heavy atom. The SMILES string of the molecule is O=[N+]([O-])Cc1cnc(Cl)cc1Cl. The fraction of sp³-hybridized carbons (Fsp3) is 0.167. The Hall–Kier alpha value is -0.870. The summed E-state index contributed by atoms with van der Waals surface area (Å²) in [5.74, 6) is 0. The third-order valence-electron chi connectivity index (χ3n) is 1.20. The average molecular weight is 207 g/mol. The Labute approximate surface area is 78.3 Å². The van der Waals surface area contributed by atoms with Gasteiger partial charge in [-0.3, -0.25) is 10.1 Å². The molecule has 1 rings (SSSR count). The Morgan fingerprint density at radius 1 is 1.58 bits per heavy atom. The number of halogens is 2. The lowest BCUT2D eigenvalue weighted by Crippen LogP contribution is -1.99. The van der Waals surface area contributed by atoms with E-state index in [2.05, 4.69) is 4.98 Å². The lowest BCUT2D eigenvalue weighted by Gasteiger charge is -1.97. The lowest BCUT2D eigenvalue weighted by molar-refractivity contribution is -0.496. The predicted molar refractivity (Wildman–Crippen MR) is 45.0 cm³/mol. The maximum absolute atomic E-state index is 10.1. The van der Waals surface area contributed by atoms with E-state index in [0.717, 1.165) is 0 Å². The molecule has 0 amide bonds. The van der Waals surface area contributed by atoms with E-state index in [9.17, 15) is 10.1 Å². The van der Waals surface area contributed by atoms with Gasteiger partial charge in [0.1, 0.15) is 5.15 Å². The summed E-state index contributed by atoms with van der Waals surface area (Å²) in [6.45, 7) is -0.330. The van der Waals surface area contributed by atoms with Gasteiger partial charge in [-0.15, -0.1) is 0 Å². The van der Waals surface area contributed by atoms with Crippen molar-refractivity contribution >= 4 is 23.2 Å². The van der Waals surface area contributed by atoms with Gasteiger partial charge in [-0.1, -0.05) is 23.2 Å². The van der Waals surface area contributed by atoms with Gasteiger partial charge in [0.25, 0.3) is 0 Å². The summed E-state index contributed by atoms with van der Waals surface area (Å²) >= 11 is 11.1. The zero-order valence-corrected chi connectivity index (χ0v) is 7.34. The van der Waals surface area contributed by atoms with Gasteiger partial charge >= 0.3 is 0 Å². The second-order valence-corrected chi connectivity index (χ2v) is 2.88. The highest BCUT2D eigenvalue weighted by molar-refractivity contribution is 6.34. The fourth-order valence-corrected chi connectivity index (χ4v) is 1.12. The van der Waals surface area contributed by atoms with Crippen molar-refractivity contribution in [3.63, 3.8) is 0 Å². The highest BCUT2D eigenvalue weighted by atomic mass is 35.5.